The van der Waals surface area contributed by atoms with Gasteiger partial charge in [0.1, 0.15) is 17.2 Å². The van der Waals surface area contributed by atoms with E-state index in [9.17, 15) is 0 Å². The van der Waals surface area contributed by atoms with Gasteiger partial charge in [-0.2, -0.15) is 9.97 Å². The predicted octanol–water partition coefficient (Wildman–Crippen LogP) is 5.99. The fourth-order valence-corrected chi connectivity index (χ4v) is 7.19. The Bertz CT molecular complexity index is 1920. The average Bonchev–Trinajstić information content (AvgIpc) is 3.92. The van der Waals surface area contributed by atoms with Crippen molar-refractivity contribution in [2.45, 2.75) is 58.2 Å². The highest BCUT2D eigenvalue weighted by Gasteiger charge is 2.39. The van der Waals surface area contributed by atoms with Gasteiger partial charge in [0, 0.05) is 44.4 Å². The molecule has 0 atom stereocenters. The van der Waals surface area contributed by atoms with Gasteiger partial charge in [0.15, 0.2) is 11.2 Å². The molecular weight excluding hydrogens is 634 g/mol. The van der Waals surface area contributed by atoms with E-state index in [2.05, 4.69) is 46.9 Å². The smallest absolute Gasteiger partial charge is 0.319 e. The summed E-state index contributed by atoms with van der Waals surface area (Å²) in [6, 6.07) is 17.1. The molecule has 2 saturated heterocycles. The number of fused-ring (bicyclic) bond motifs is 2. The van der Waals surface area contributed by atoms with E-state index >= 15 is 0 Å². The van der Waals surface area contributed by atoms with Gasteiger partial charge >= 0.3 is 12.0 Å². The van der Waals surface area contributed by atoms with Crippen LogP contribution < -0.4 is 24.8 Å². The monoisotopic (exact) mass is 677 g/mol. The maximum Gasteiger partial charge on any atom is 0.319 e. The second-order valence-electron chi connectivity index (χ2n) is 12.7. The molecule has 0 saturated carbocycles. The molecule has 260 valence electrons. The van der Waals surface area contributed by atoms with Crippen molar-refractivity contribution in [1.82, 2.24) is 34.7 Å². The molecule has 2 aliphatic rings. The first-order chi connectivity index (χ1) is 24.7. The van der Waals surface area contributed by atoms with Crippen molar-refractivity contribution in [3.63, 3.8) is 0 Å². The molecule has 0 radical (unpaired) electrons. The molecule has 1 aromatic carbocycles. The number of hydrogen-bond donors (Lipinski definition) is 1. The number of hydrazine groups is 1. The van der Waals surface area contributed by atoms with Gasteiger partial charge < -0.3 is 28.2 Å². The Hall–Kier alpha value is -5.14. The van der Waals surface area contributed by atoms with E-state index in [4.69, 9.17) is 28.3 Å². The van der Waals surface area contributed by atoms with Gasteiger partial charge in [-0.1, -0.05) is 0 Å². The van der Waals surface area contributed by atoms with Crippen LogP contribution >= 0.6 is 0 Å². The number of piperidine rings is 2. The van der Waals surface area contributed by atoms with Gasteiger partial charge in [0.05, 0.1) is 25.3 Å². The van der Waals surface area contributed by atoms with Gasteiger partial charge in [-0.05, 0) is 107 Å². The molecule has 0 amide bonds. The van der Waals surface area contributed by atoms with E-state index in [1.54, 1.807) is 12.4 Å². The van der Waals surface area contributed by atoms with Crippen LogP contribution in [0.3, 0.4) is 0 Å². The lowest BCUT2D eigenvalue weighted by atomic mass is 10.0. The van der Waals surface area contributed by atoms with E-state index in [0.717, 1.165) is 81.2 Å². The first kappa shape index (κ1) is 32.1. The van der Waals surface area contributed by atoms with Crippen molar-refractivity contribution in [3.8, 4) is 17.2 Å². The summed E-state index contributed by atoms with van der Waals surface area (Å²) in [5, 5.41) is 7.90. The Labute approximate surface area is 290 Å². The van der Waals surface area contributed by atoms with Crippen molar-refractivity contribution in [2.24, 2.45) is 0 Å². The van der Waals surface area contributed by atoms with Crippen LogP contribution in [0.5, 0.6) is 11.5 Å². The summed E-state index contributed by atoms with van der Waals surface area (Å²) in [5.74, 6) is 1.64. The van der Waals surface area contributed by atoms with Crippen LogP contribution in [-0.2, 0) is 6.54 Å². The molecule has 5 aromatic heterocycles. The Balaban J connectivity index is 1.10. The maximum atomic E-state index is 6.45. The first-order valence-corrected chi connectivity index (χ1v) is 17.7. The fourth-order valence-electron chi connectivity index (χ4n) is 7.19. The number of anilines is 2. The number of hydrogen-bond acceptors (Lipinski definition) is 12. The van der Waals surface area contributed by atoms with Crippen LogP contribution in [0.4, 0.5) is 12.0 Å². The van der Waals surface area contributed by atoms with Gasteiger partial charge in [0.25, 0.3) is 0 Å². The molecular formula is C37H43N9O4. The summed E-state index contributed by atoms with van der Waals surface area (Å²) in [4.78, 5) is 21.3. The van der Waals surface area contributed by atoms with Crippen LogP contribution in [0.2, 0.25) is 0 Å². The van der Waals surface area contributed by atoms with E-state index in [0.29, 0.717) is 47.7 Å². The van der Waals surface area contributed by atoms with E-state index in [-0.39, 0.29) is 12.1 Å². The number of likely N-dealkylation sites (tertiary alicyclic amines) is 1. The molecule has 7 heterocycles. The molecule has 0 aliphatic carbocycles. The fraction of sp³-hybridized carbons (Fsp3) is 0.405. The molecule has 13 nitrogen and oxygen atoms in total. The number of pyridine rings is 2. The lowest BCUT2D eigenvalue weighted by Gasteiger charge is -2.46. The van der Waals surface area contributed by atoms with Crippen molar-refractivity contribution >= 4 is 34.5 Å². The Morgan fingerprint density at radius 3 is 1.82 bits per heavy atom. The number of ether oxygens (including phenoxy) is 2. The third-order valence-electron chi connectivity index (χ3n) is 9.46. The Kier molecular flexibility index (Phi) is 9.23. The van der Waals surface area contributed by atoms with Gasteiger partial charge in [-0.15, -0.1) is 0 Å². The molecule has 13 heteroatoms. The number of nitrogens with one attached hydrogen (secondary N) is 1. The quantitative estimate of drug-likeness (QED) is 0.153. The minimum absolute atomic E-state index is 0.0752. The summed E-state index contributed by atoms with van der Waals surface area (Å²) in [7, 11) is 0. The SMILES string of the molecule is CCOc1cc(CN2CCC(N(c3nc4ncccc4o3)N(c3nc4ncccc4o3)C3CCNCC3)CC2)cc(OCC)c1-n1cccc1. The minimum atomic E-state index is 0.0752. The maximum absolute atomic E-state index is 6.45. The highest BCUT2D eigenvalue weighted by molar-refractivity contribution is 5.72. The number of nitrogens with zero attached hydrogens (tertiary/aromatic N) is 8. The molecule has 6 aromatic rings. The second kappa shape index (κ2) is 14.4. The zero-order chi connectivity index (χ0) is 33.9. The van der Waals surface area contributed by atoms with E-state index < -0.39 is 0 Å². The van der Waals surface area contributed by atoms with Crippen LogP contribution in [0, 0.1) is 0 Å². The normalized spacial score (nSPS) is 16.3. The molecule has 0 bridgehead atoms. The topological polar surface area (TPSA) is 123 Å². The molecule has 0 spiro atoms. The van der Waals surface area contributed by atoms with Gasteiger partial charge in [0.2, 0.25) is 11.3 Å². The van der Waals surface area contributed by atoms with Crippen molar-refractivity contribution in [3.05, 3.63) is 78.9 Å². The summed E-state index contributed by atoms with van der Waals surface area (Å²) >= 11 is 0. The van der Waals surface area contributed by atoms with Crippen LogP contribution in [0.15, 0.2) is 82.2 Å². The van der Waals surface area contributed by atoms with E-state index in [1.165, 1.54) is 0 Å². The average molecular weight is 678 g/mol. The van der Waals surface area contributed by atoms with E-state index in [1.807, 2.05) is 62.6 Å². The molecule has 2 aliphatic heterocycles. The number of rotatable bonds is 12. The van der Waals surface area contributed by atoms with Crippen LogP contribution in [0.25, 0.3) is 28.1 Å². The number of oxazole rings is 2. The Morgan fingerprint density at radius 1 is 0.760 bits per heavy atom. The van der Waals surface area contributed by atoms with Gasteiger partial charge in [-0.3, -0.25) is 4.90 Å². The summed E-state index contributed by atoms with van der Waals surface area (Å²) in [5.41, 5.74) is 4.54. The van der Waals surface area contributed by atoms with Crippen LogP contribution in [-0.4, -0.2) is 80.9 Å². The molecule has 50 heavy (non-hydrogen) atoms. The number of benzene rings is 1. The molecule has 0 unspecified atom stereocenters. The number of aromatic nitrogens is 5. The highest BCUT2D eigenvalue weighted by atomic mass is 16.5. The second-order valence-corrected chi connectivity index (χ2v) is 12.7. The zero-order valence-corrected chi connectivity index (χ0v) is 28.6. The lowest BCUT2D eigenvalue weighted by Crippen LogP contribution is -2.59. The first-order valence-electron chi connectivity index (χ1n) is 17.7. The van der Waals surface area contributed by atoms with Crippen molar-refractivity contribution in [2.75, 3.05) is 49.4 Å². The molecule has 2 fully saturated rings. The molecule has 1 N–H and O–H groups in total. The zero-order valence-electron chi connectivity index (χ0n) is 28.6. The largest absolute Gasteiger partial charge is 0.492 e. The van der Waals surface area contributed by atoms with Crippen LogP contribution in [0.1, 0.15) is 45.1 Å². The summed E-state index contributed by atoms with van der Waals surface area (Å²) in [6.07, 6.45) is 11.1. The minimum Gasteiger partial charge on any atom is -0.492 e. The summed E-state index contributed by atoms with van der Waals surface area (Å²) in [6.45, 7) is 9.50. The predicted molar refractivity (Wildman–Crippen MR) is 191 cm³/mol. The van der Waals surface area contributed by atoms with Gasteiger partial charge in [-0.25, -0.2) is 20.0 Å². The Morgan fingerprint density at radius 2 is 1.30 bits per heavy atom. The standard InChI is InChI=1S/C37H43N9O4/c1-3-47-31-23-26(24-32(48-4-2)33(31)44-19-5-6-20-44)25-43-21-13-28(14-22-43)46(37-42-35-30(50-37)10-8-16-40-35)45(27-11-17-38-18-12-27)36-41-34-29(49-36)9-7-15-39-34/h5-10,15-16,19-20,23-24,27-28,38H,3-4,11-14,17-18,21-22,25H2,1-2H3. The third-order valence-corrected chi connectivity index (χ3v) is 9.46. The highest BCUT2D eigenvalue weighted by Crippen LogP contribution is 2.37. The lowest BCUT2D eigenvalue weighted by molar-refractivity contribution is 0.193. The van der Waals surface area contributed by atoms with Crippen molar-refractivity contribution < 1.29 is 18.3 Å². The molecule has 8 rings (SSSR count). The van der Waals surface area contributed by atoms with Crippen molar-refractivity contribution in [1.29, 1.82) is 0 Å². The summed E-state index contributed by atoms with van der Waals surface area (Å²) < 4.78 is 27.3. The third kappa shape index (κ3) is 6.46.